The lowest BCUT2D eigenvalue weighted by molar-refractivity contribution is 0.0858. The van der Waals surface area contributed by atoms with E-state index in [0.717, 1.165) is 58.9 Å². The van der Waals surface area contributed by atoms with E-state index >= 15 is 0 Å². The summed E-state index contributed by atoms with van der Waals surface area (Å²) in [6.07, 6.45) is 6.11. The molecule has 228 valence electrons. The summed E-state index contributed by atoms with van der Waals surface area (Å²) in [4.78, 5) is 34.6. The van der Waals surface area contributed by atoms with Crippen LogP contribution < -0.4 is 10.2 Å². The van der Waals surface area contributed by atoms with Crippen LogP contribution in [-0.4, -0.2) is 55.0 Å². The fraction of sp³-hybridized carbons (Fsp3) is 0.444. The number of rotatable bonds is 8. The Bertz CT molecular complexity index is 1570. The van der Waals surface area contributed by atoms with Crippen LogP contribution in [0, 0.1) is 11.8 Å². The minimum Gasteiger partial charge on any atom is -0.493 e. The monoisotopic (exact) mass is 582 g/mol. The highest BCUT2D eigenvalue weighted by atomic mass is 16.5. The zero-order valence-corrected chi connectivity index (χ0v) is 26.9. The smallest absolute Gasteiger partial charge is 0.326 e. The first-order valence-electron chi connectivity index (χ1n) is 15.5. The van der Waals surface area contributed by atoms with Gasteiger partial charge in [-0.15, -0.1) is 0 Å². The maximum absolute atomic E-state index is 13.9. The van der Waals surface area contributed by atoms with Crippen molar-refractivity contribution in [1.29, 1.82) is 0 Å². The number of fused-ring (bicyclic) bond motifs is 4. The molecule has 5 rings (SSSR count). The molecule has 2 amide bonds. The highest BCUT2D eigenvalue weighted by Gasteiger charge is 2.48. The molecule has 1 aromatic heterocycles. The second-order valence-electron chi connectivity index (χ2n) is 13.4. The van der Waals surface area contributed by atoms with Crippen molar-refractivity contribution in [1.82, 2.24) is 9.88 Å². The SMILES string of the molecule is CCN(CC)CCOC1=CC2C(C=C1)C(=O)c1c([nH]c3cc(N(C)C(=O)Nc4ccc(C(C)(C)C)cc4)ccc13)C2(C)C. The van der Waals surface area contributed by atoms with Gasteiger partial charge in [0.2, 0.25) is 0 Å². The Morgan fingerprint density at radius 1 is 1.07 bits per heavy atom. The lowest BCUT2D eigenvalue weighted by Gasteiger charge is -2.42. The maximum Gasteiger partial charge on any atom is 0.326 e. The van der Waals surface area contributed by atoms with Crippen molar-refractivity contribution < 1.29 is 14.3 Å². The number of ether oxygens (including phenoxy) is 1. The summed E-state index contributed by atoms with van der Waals surface area (Å²) in [5.74, 6) is 0.690. The van der Waals surface area contributed by atoms with E-state index in [2.05, 4.69) is 69.7 Å². The number of carbonyl (C=O) groups excluding carboxylic acids is 2. The number of ketones is 1. The minimum absolute atomic E-state index is 0.0217. The van der Waals surface area contributed by atoms with Crippen LogP contribution in [0.25, 0.3) is 10.9 Å². The van der Waals surface area contributed by atoms with Gasteiger partial charge in [0.1, 0.15) is 12.4 Å². The number of amides is 2. The number of nitrogens with one attached hydrogen (secondary N) is 2. The summed E-state index contributed by atoms with van der Waals surface area (Å²) in [6.45, 7) is 18.7. The van der Waals surface area contributed by atoms with Crippen molar-refractivity contribution in [3.05, 3.63) is 83.3 Å². The Kier molecular flexibility index (Phi) is 8.32. The van der Waals surface area contributed by atoms with E-state index in [1.54, 1.807) is 11.9 Å². The molecule has 0 saturated carbocycles. The molecule has 2 aliphatic rings. The van der Waals surface area contributed by atoms with Crippen LogP contribution in [-0.2, 0) is 15.6 Å². The summed E-state index contributed by atoms with van der Waals surface area (Å²) in [6, 6.07) is 13.6. The number of aromatic amines is 1. The number of likely N-dealkylation sites (N-methyl/N-ethyl adjacent to an activating group) is 1. The molecule has 0 bridgehead atoms. The van der Waals surface area contributed by atoms with E-state index in [1.807, 2.05) is 54.6 Å². The van der Waals surface area contributed by atoms with Gasteiger partial charge < -0.3 is 19.9 Å². The predicted molar refractivity (Wildman–Crippen MR) is 176 cm³/mol. The first-order valence-corrected chi connectivity index (χ1v) is 15.5. The quantitative estimate of drug-likeness (QED) is 0.286. The summed E-state index contributed by atoms with van der Waals surface area (Å²) >= 11 is 0. The van der Waals surface area contributed by atoms with E-state index < -0.39 is 0 Å². The number of urea groups is 1. The van der Waals surface area contributed by atoms with Crippen molar-refractivity contribution in [3.8, 4) is 0 Å². The number of aromatic nitrogens is 1. The van der Waals surface area contributed by atoms with E-state index in [9.17, 15) is 9.59 Å². The number of benzene rings is 2. The van der Waals surface area contributed by atoms with Gasteiger partial charge in [-0.1, -0.05) is 72.7 Å². The number of anilines is 2. The molecule has 2 N–H and O–H groups in total. The van der Waals surface area contributed by atoms with Gasteiger partial charge in [-0.25, -0.2) is 4.79 Å². The Balaban J connectivity index is 1.36. The highest BCUT2D eigenvalue weighted by molar-refractivity contribution is 6.13. The van der Waals surface area contributed by atoms with Crippen LogP contribution in [0.4, 0.5) is 16.2 Å². The molecule has 43 heavy (non-hydrogen) atoms. The van der Waals surface area contributed by atoms with Crippen molar-refractivity contribution in [2.75, 3.05) is 43.5 Å². The molecule has 0 spiro atoms. The molecule has 1 heterocycles. The van der Waals surface area contributed by atoms with Crippen LogP contribution in [0.5, 0.6) is 0 Å². The maximum atomic E-state index is 13.9. The van der Waals surface area contributed by atoms with Crippen LogP contribution in [0.3, 0.4) is 0 Å². The predicted octanol–water partition coefficient (Wildman–Crippen LogP) is 7.65. The summed E-state index contributed by atoms with van der Waals surface area (Å²) < 4.78 is 6.14. The zero-order valence-electron chi connectivity index (χ0n) is 26.9. The Hall–Kier alpha value is -3.84. The van der Waals surface area contributed by atoms with E-state index in [1.165, 1.54) is 5.56 Å². The summed E-state index contributed by atoms with van der Waals surface area (Å²) in [5, 5.41) is 3.88. The van der Waals surface area contributed by atoms with Gasteiger partial charge in [-0.3, -0.25) is 9.69 Å². The number of carbonyl (C=O) groups is 2. The van der Waals surface area contributed by atoms with Gasteiger partial charge in [0.25, 0.3) is 0 Å². The molecular weight excluding hydrogens is 536 g/mol. The van der Waals surface area contributed by atoms with E-state index in [4.69, 9.17) is 4.74 Å². The number of nitrogens with zero attached hydrogens (tertiary/aromatic N) is 2. The zero-order chi connectivity index (χ0) is 31.1. The van der Waals surface area contributed by atoms with E-state index in [-0.39, 0.29) is 34.5 Å². The molecule has 7 nitrogen and oxygen atoms in total. The van der Waals surface area contributed by atoms with E-state index in [0.29, 0.717) is 6.61 Å². The van der Waals surface area contributed by atoms with Gasteiger partial charge >= 0.3 is 6.03 Å². The first kappa shape index (κ1) is 30.6. The number of allylic oxidation sites excluding steroid dienone is 3. The fourth-order valence-corrected chi connectivity index (χ4v) is 6.34. The van der Waals surface area contributed by atoms with Gasteiger partial charge in [0.05, 0.1) is 0 Å². The molecule has 2 aliphatic carbocycles. The molecule has 0 saturated heterocycles. The van der Waals surface area contributed by atoms with Crippen molar-refractivity contribution in [2.45, 2.75) is 59.3 Å². The molecule has 0 aliphatic heterocycles. The molecule has 7 heteroatoms. The summed E-state index contributed by atoms with van der Waals surface area (Å²) in [5.41, 5.74) is 4.95. The van der Waals surface area contributed by atoms with Gasteiger partial charge in [0, 0.05) is 64.4 Å². The van der Waals surface area contributed by atoms with Gasteiger partial charge in [-0.05, 0) is 60.5 Å². The number of Topliss-reactive ketones (excluding diaryl/α,β-unsaturated/α-hetero) is 1. The largest absolute Gasteiger partial charge is 0.493 e. The van der Waals surface area contributed by atoms with Gasteiger partial charge in [0.15, 0.2) is 5.78 Å². The third kappa shape index (κ3) is 5.87. The average molecular weight is 583 g/mol. The molecular formula is C36H46N4O3. The molecule has 2 unspecified atom stereocenters. The highest BCUT2D eigenvalue weighted by Crippen LogP contribution is 2.49. The second-order valence-corrected chi connectivity index (χ2v) is 13.4. The third-order valence-corrected chi connectivity index (χ3v) is 9.27. The number of H-pyrrole nitrogens is 1. The van der Waals surface area contributed by atoms with Crippen molar-refractivity contribution in [3.63, 3.8) is 0 Å². The number of hydrogen-bond donors (Lipinski definition) is 2. The number of hydrogen-bond acceptors (Lipinski definition) is 4. The Morgan fingerprint density at radius 2 is 1.77 bits per heavy atom. The standard InChI is InChI=1S/C36H46N4O3/c1-9-40(10-2)19-20-43-26-16-18-27-29(22-26)36(6,7)33-31(32(27)41)28-17-15-25(21-30(28)38-33)39(8)34(42)37-24-13-11-23(12-14-24)35(3,4)5/h11-18,21-22,27,29,38H,9-10,19-20H2,1-8H3,(H,37,42). The van der Waals surface area contributed by atoms with Gasteiger partial charge in [-0.2, -0.15) is 0 Å². The fourth-order valence-electron chi connectivity index (χ4n) is 6.34. The van der Waals surface area contributed by atoms with Crippen LogP contribution in [0.1, 0.15) is 70.1 Å². The molecule has 2 aromatic carbocycles. The normalized spacial score (nSPS) is 19.2. The topological polar surface area (TPSA) is 77.7 Å². The lowest BCUT2D eigenvalue weighted by Crippen LogP contribution is -2.43. The second kappa shape index (κ2) is 11.7. The molecule has 0 fully saturated rings. The van der Waals surface area contributed by atoms with Crippen LogP contribution >= 0.6 is 0 Å². The van der Waals surface area contributed by atoms with Crippen molar-refractivity contribution in [2.24, 2.45) is 11.8 Å². The molecule has 0 radical (unpaired) electrons. The molecule has 3 aromatic rings. The van der Waals surface area contributed by atoms with Crippen LogP contribution in [0.15, 0.2) is 66.5 Å². The minimum atomic E-state index is -0.326. The molecule has 2 atom stereocenters. The third-order valence-electron chi connectivity index (χ3n) is 9.27. The van der Waals surface area contributed by atoms with Crippen LogP contribution in [0.2, 0.25) is 0 Å². The first-order chi connectivity index (χ1) is 20.3. The Labute approximate surface area is 256 Å². The van der Waals surface area contributed by atoms with Crippen molar-refractivity contribution >= 4 is 34.1 Å². The lowest BCUT2D eigenvalue weighted by atomic mass is 9.61. The average Bonchev–Trinajstić information content (AvgIpc) is 3.38. The summed E-state index contributed by atoms with van der Waals surface area (Å²) in [7, 11) is 1.75. The Morgan fingerprint density at radius 3 is 2.42 bits per heavy atom.